The number of halogens is 1. The van der Waals surface area contributed by atoms with Crippen LogP contribution in [0.1, 0.15) is 19.3 Å². The first-order valence-corrected chi connectivity index (χ1v) is 7.50. The van der Waals surface area contributed by atoms with Gasteiger partial charge in [-0.25, -0.2) is 4.98 Å². The monoisotopic (exact) mass is 303 g/mol. The minimum atomic E-state index is 0.177. The average Bonchev–Trinajstić information content (AvgIpc) is 2.53. The summed E-state index contributed by atoms with van der Waals surface area (Å²) >= 11 is 5.79. The van der Waals surface area contributed by atoms with Gasteiger partial charge in [-0.1, -0.05) is 0 Å². The number of rotatable bonds is 3. The Morgan fingerprint density at radius 3 is 2.52 bits per heavy atom. The molecule has 0 saturated carbocycles. The van der Waals surface area contributed by atoms with Crippen LogP contribution in [-0.4, -0.2) is 23.1 Å². The van der Waals surface area contributed by atoms with Crippen molar-refractivity contribution >= 4 is 34.5 Å². The standard InChI is InChI=1S/C15H18ClN5/c16-15-18-10-13(17)14(20-15)19-11-4-6-12(7-5-11)21-8-2-1-3-9-21/h4-7,10H,1-3,8-9,17H2,(H,18,19,20). The quantitative estimate of drug-likeness (QED) is 0.850. The van der Waals surface area contributed by atoms with E-state index >= 15 is 0 Å². The lowest BCUT2D eigenvalue weighted by Gasteiger charge is -2.28. The Bertz CT molecular complexity index is 608. The number of piperidine rings is 1. The van der Waals surface area contributed by atoms with Crippen molar-refractivity contribution < 1.29 is 0 Å². The highest BCUT2D eigenvalue weighted by molar-refractivity contribution is 6.28. The van der Waals surface area contributed by atoms with E-state index in [9.17, 15) is 0 Å². The highest BCUT2D eigenvalue weighted by Crippen LogP contribution is 2.25. The lowest BCUT2D eigenvalue weighted by Crippen LogP contribution is -2.29. The molecular weight excluding hydrogens is 286 g/mol. The fourth-order valence-corrected chi connectivity index (χ4v) is 2.65. The highest BCUT2D eigenvalue weighted by Gasteiger charge is 2.10. The third-order valence-electron chi connectivity index (χ3n) is 3.64. The van der Waals surface area contributed by atoms with Crippen molar-refractivity contribution in [2.45, 2.75) is 19.3 Å². The summed E-state index contributed by atoms with van der Waals surface area (Å²) < 4.78 is 0. The summed E-state index contributed by atoms with van der Waals surface area (Å²) in [4.78, 5) is 10.3. The summed E-state index contributed by atoms with van der Waals surface area (Å²) in [5.74, 6) is 0.528. The second-order valence-corrected chi connectivity index (χ2v) is 5.50. The van der Waals surface area contributed by atoms with Crippen LogP contribution >= 0.6 is 11.6 Å². The number of nitrogens with zero attached hydrogens (tertiary/aromatic N) is 3. The Kier molecular flexibility index (Phi) is 4.10. The number of aromatic nitrogens is 2. The van der Waals surface area contributed by atoms with Crippen molar-refractivity contribution in [3.63, 3.8) is 0 Å². The molecule has 0 spiro atoms. The van der Waals surface area contributed by atoms with E-state index < -0.39 is 0 Å². The molecule has 1 aliphatic heterocycles. The lowest BCUT2D eigenvalue weighted by atomic mass is 10.1. The molecule has 2 aromatic rings. The zero-order chi connectivity index (χ0) is 14.7. The Labute approximate surface area is 129 Å². The second-order valence-electron chi connectivity index (χ2n) is 5.16. The first-order chi connectivity index (χ1) is 10.2. The van der Waals surface area contributed by atoms with Crippen LogP contribution in [0.25, 0.3) is 0 Å². The number of nitrogens with one attached hydrogen (secondary N) is 1. The lowest BCUT2D eigenvalue weighted by molar-refractivity contribution is 0.578. The first kappa shape index (κ1) is 13.9. The van der Waals surface area contributed by atoms with Crippen LogP contribution < -0.4 is 16.0 Å². The third-order valence-corrected chi connectivity index (χ3v) is 3.82. The molecule has 6 heteroatoms. The molecule has 1 aliphatic rings. The van der Waals surface area contributed by atoms with Crippen LogP contribution in [0, 0.1) is 0 Å². The van der Waals surface area contributed by atoms with Gasteiger partial charge >= 0.3 is 0 Å². The molecule has 1 aromatic heterocycles. The number of anilines is 4. The SMILES string of the molecule is Nc1cnc(Cl)nc1Nc1ccc(N2CCCCC2)cc1. The van der Waals surface area contributed by atoms with E-state index in [1.165, 1.54) is 31.1 Å². The minimum Gasteiger partial charge on any atom is -0.394 e. The Balaban J connectivity index is 1.73. The van der Waals surface area contributed by atoms with Crippen molar-refractivity contribution in [2.75, 3.05) is 29.0 Å². The predicted molar refractivity (Wildman–Crippen MR) is 87.2 cm³/mol. The molecule has 0 amide bonds. The van der Waals surface area contributed by atoms with Crippen molar-refractivity contribution in [3.8, 4) is 0 Å². The van der Waals surface area contributed by atoms with Crippen LogP contribution in [-0.2, 0) is 0 Å². The molecule has 2 heterocycles. The molecule has 1 aromatic carbocycles. The van der Waals surface area contributed by atoms with Crippen LogP contribution in [0.15, 0.2) is 30.5 Å². The molecule has 3 rings (SSSR count). The molecule has 21 heavy (non-hydrogen) atoms. The van der Waals surface area contributed by atoms with Gasteiger partial charge in [0.05, 0.1) is 11.9 Å². The highest BCUT2D eigenvalue weighted by atomic mass is 35.5. The maximum atomic E-state index is 5.83. The van der Waals surface area contributed by atoms with Crippen molar-refractivity contribution in [1.82, 2.24) is 9.97 Å². The molecule has 0 bridgehead atoms. The van der Waals surface area contributed by atoms with Gasteiger partial charge in [-0.3, -0.25) is 0 Å². The smallest absolute Gasteiger partial charge is 0.224 e. The van der Waals surface area contributed by atoms with Crippen LogP contribution in [0.3, 0.4) is 0 Å². The van der Waals surface area contributed by atoms with E-state index in [0.29, 0.717) is 11.5 Å². The van der Waals surface area contributed by atoms with Gasteiger partial charge in [-0.05, 0) is 55.1 Å². The topological polar surface area (TPSA) is 67.1 Å². The number of benzene rings is 1. The summed E-state index contributed by atoms with van der Waals surface area (Å²) in [7, 11) is 0. The zero-order valence-electron chi connectivity index (χ0n) is 11.7. The second kappa shape index (κ2) is 6.18. The summed E-state index contributed by atoms with van der Waals surface area (Å²) in [5, 5.41) is 3.34. The number of hydrogen-bond acceptors (Lipinski definition) is 5. The molecule has 5 nitrogen and oxygen atoms in total. The zero-order valence-corrected chi connectivity index (χ0v) is 12.5. The Hall–Kier alpha value is -2.01. The summed E-state index contributed by atoms with van der Waals surface area (Å²) in [6.07, 6.45) is 5.38. The molecule has 3 N–H and O–H groups in total. The summed E-state index contributed by atoms with van der Waals surface area (Å²) in [6, 6.07) is 8.29. The Morgan fingerprint density at radius 1 is 1.10 bits per heavy atom. The third kappa shape index (κ3) is 3.36. The van der Waals surface area contributed by atoms with Gasteiger partial charge in [-0.2, -0.15) is 4.98 Å². The molecular formula is C15H18ClN5. The van der Waals surface area contributed by atoms with E-state index in [0.717, 1.165) is 18.8 Å². The first-order valence-electron chi connectivity index (χ1n) is 7.12. The van der Waals surface area contributed by atoms with Gasteiger partial charge in [0, 0.05) is 24.5 Å². The number of nitrogen functional groups attached to an aromatic ring is 1. The summed E-state index contributed by atoms with van der Waals surface area (Å²) in [5.41, 5.74) is 8.49. The number of hydrogen-bond donors (Lipinski definition) is 2. The van der Waals surface area contributed by atoms with Crippen molar-refractivity contribution in [2.24, 2.45) is 0 Å². The Morgan fingerprint density at radius 2 is 1.81 bits per heavy atom. The molecule has 0 aliphatic carbocycles. The van der Waals surface area contributed by atoms with Crippen LogP contribution in [0.4, 0.5) is 22.9 Å². The van der Waals surface area contributed by atoms with Gasteiger partial charge < -0.3 is 16.0 Å². The van der Waals surface area contributed by atoms with E-state index in [1.807, 2.05) is 12.1 Å². The number of nitrogens with two attached hydrogens (primary N) is 1. The van der Waals surface area contributed by atoms with Gasteiger partial charge in [-0.15, -0.1) is 0 Å². The molecule has 0 radical (unpaired) electrons. The maximum absolute atomic E-state index is 5.83. The summed E-state index contributed by atoms with van der Waals surface area (Å²) in [6.45, 7) is 2.28. The largest absolute Gasteiger partial charge is 0.394 e. The van der Waals surface area contributed by atoms with E-state index in [4.69, 9.17) is 17.3 Å². The molecule has 0 atom stereocenters. The fraction of sp³-hybridized carbons (Fsp3) is 0.333. The van der Waals surface area contributed by atoms with E-state index in [2.05, 4.69) is 32.3 Å². The van der Waals surface area contributed by atoms with Crippen LogP contribution in [0.2, 0.25) is 5.28 Å². The predicted octanol–water partition coefficient (Wildman–Crippen LogP) is 3.45. The maximum Gasteiger partial charge on any atom is 0.224 e. The average molecular weight is 304 g/mol. The molecule has 110 valence electrons. The fourth-order valence-electron chi connectivity index (χ4n) is 2.51. The van der Waals surface area contributed by atoms with Gasteiger partial charge in [0.25, 0.3) is 0 Å². The van der Waals surface area contributed by atoms with Gasteiger partial charge in [0.1, 0.15) is 0 Å². The molecule has 1 fully saturated rings. The molecule has 1 saturated heterocycles. The van der Waals surface area contributed by atoms with E-state index in [-0.39, 0.29) is 5.28 Å². The van der Waals surface area contributed by atoms with Gasteiger partial charge in [0.15, 0.2) is 5.82 Å². The van der Waals surface area contributed by atoms with Crippen molar-refractivity contribution in [1.29, 1.82) is 0 Å². The van der Waals surface area contributed by atoms with Crippen LogP contribution in [0.5, 0.6) is 0 Å². The van der Waals surface area contributed by atoms with E-state index in [1.54, 1.807) is 0 Å². The normalized spacial score (nSPS) is 15.0. The van der Waals surface area contributed by atoms with Gasteiger partial charge in [0.2, 0.25) is 5.28 Å². The van der Waals surface area contributed by atoms with Crippen molar-refractivity contribution in [3.05, 3.63) is 35.7 Å². The molecule has 0 unspecified atom stereocenters. The minimum absolute atomic E-state index is 0.177.